The summed E-state index contributed by atoms with van der Waals surface area (Å²) >= 11 is 3.45. The number of halogens is 1. The van der Waals surface area contributed by atoms with Crippen LogP contribution in [0.3, 0.4) is 0 Å². The minimum absolute atomic E-state index is 0.0865. The number of benzene rings is 1. The van der Waals surface area contributed by atoms with Crippen molar-refractivity contribution in [1.82, 2.24) is 5.32 Å². The highest BCUT2D eigenvalue weighted by Crippen LogP contribution is 2.31. The van der Waals surface area contributed by atoms with Crippen LogP contribution in [-0.2, 0) is 0 Å². The average Bonchev–Trinajstić information content (AvgIpc) is 2.25. The van der Waals surface area contributed by atoms with Crippen molar-refractivity contribution in [1.29, 1.82) is 0 Å². The number of rotatable bonds is 5. The molecule has 4 heteroatoms. The molecular weight excluding hydrogens is 282 g/mol. The van der Waals surface area contributed by atoms with Crippen molar-refractivity contribution >= 4 is 21.7 Å². The van der Waals surface area contributed by atoms with Crippen molar-refractivity contribution in [3.05, 3.63) is 28.2 Å². The van der Waals surface area contributed by atoms with E-state index >= 15 is 0 Å². The molecular formula is C13H16BrNO2. The molecule has 0 radical (unpaired) electrons. The largest absolute Gasteiger partial charge is 0.489 e. The molecule has 0 spiro atoms. The zero-order chi connectivity index (χ0) is 12.3. The van der Waals surface area contributed by atoms with Gasteiger partial charge in [0.25, 0.3) is 0 Å². The Balaban J connectivity index is 2.07. The Kier molecular flexibility index (Phi) is 4.18. The van der Waals surface area contributed by atoms with Gasteiger partial charge in [0.1, 0.15) is 5.75 Å². The molecule has 1 fully saturated rings. The van der Waals surface area contributed by atoms with E-state index in [1.54, 1.807) is 7.05 Å². The van der Waals surface area contributed by atoms with Gasteiger partial charge in [0.2, 0.25) is 0 Å². The van der Waals surface area contributed by atoms with Crippen LogP contribution in [0.4, 0.5) is 0 Å². The number of Topliss-reactive ketones (excluding diaryl/α,β-unsaturated/α-hetero) is 1. The quantitative estimate of drug-likeness (QED) is 0.850. The number of nitrogens with one attached hydrogen (secondary N) is 1. The van der Waals surface area contributed by atoms with E-state index in [-0.39, 0.29) is 5.78 Å². The molecule has 0 heterocycles. The van der Waals surface area contributed by atoms with Gasteiger partial charge < -0.3 is 10.1 Å². The number of carbonyl (C=O) groups is 1. The number of hydrogen-bond acceptors (Lipinski definition) is 3. The Morgan fingerprint density at radius 2 is 2.29 bits per heavy atom. The Morgan fingerprint density at radius 1 is 1.53 bits per heavy atom. The molecule has 1 aliphatic rings. The lowest BCUT2D eigenvalue weighted by Gasteiger charge is -2.26. The van der Waals surface area contributed by atoms with Crippen molar-refractivity contribution in [2.75, 3.05) is 13.6 Å². The summed E-state index contributed by atoms with van der Waals surface area (Å²) in [6.07, 6.45) is 3.87. The second-order valence-electron chi connectivity index (χ2n) is 4.27. The maximum Gasteiger partial charge on any atom is 0.176 e. The molecule has 17 heavy (non-hydrogen) atoms. The van der Waals surface area contributed by atoms with Crippen LogP contribution in [0, 0.1) is 0 Å². The highest BCUT2D eigenvalue weighted by Gasteiger charge is 2.20. The molecule has 0 atom stereocenters. The number of likely N-dealkylation sites (N-methyl/N-ethyl adjacent to an activating group) is 1. The number of ether oxygens (including phenoxy) is 1. The van der Waals surface area contributed by atoms with E-state index in [1.165, 1.54) is 6.42 Å². The number of ketones is 1. The summed E-state index contributed by atoms with van der Waals surface area (Å²) in [5, 5.41) is 2.85. The highest BCUT2D eigenvalue weighted by molar-refractivity contribution is 9.10. The standard InChI is InChI=1S/C13H16BrNO2/c1-15-8-12(16)9-5-6-13(11(14)7-9)17-10-3-2-4-10/h5-7,10,15H,2-4,8H2,1H3. The molecule has 1 aromatic rings. The van der Waals surface area contributed by atoms with Crippen LogP contribution in [-0.4, -0.2) is 25.5 Å². The van der Waals surface area contributed by atoms with Crippen LogP contribution in [0.2, 0.25) is 0 Å². The van der Waals surface area contributed by atoms with E-state index in [2.05, 4.69) is 21.2 Å². The first-order valence-electron chi connectivity index (χ1n) is 5.84. The third kappa shape index (κ3) is 3.07. The Hall–Kier alpha value is -0.870. The number of carbonyl (C=O) groups excluding carboxylic acids is 1. The van der Waals surface area contributed by atoms with Gasteiger partial charge in [-0.25, -0.2) is 0 Å². The Labute approximate surface area is 110 Å². The van der Waals surface area contributed by atoms with Crippen molar-refractivity contribution < 1.29 is 9.53 Å². The predicted octanol–water partition coefficient (Wildman–Crippen LogP) is 2.78. The summed E-state index contributed by atoms with van der Waals surface area (Å²) < 4.78 is 6.66. The summed E-state index contributed by atoms with van der Waals surface area (Å²) in [5.41, 5.74) is 0.701. The van der Waals surface area contributed by atoms with Crippen molar-refractivity contribution in [3.8, 4) is 5.75 Å². The van der Waals surface area contributed by atoms with Crippen LogP contribution in [0.25, 0.3) is 0 Å². The first-order chi connectivity index (χ1) is 8.20. The van der Waals surface area contributed by atoms with Crippen LogP contribution >= 0.6 is 15.9 Å². The smallest absolute Gasteiger partial charge is 0.176 e. The fourth-order valence-corrected chi connectivity index (χ4v) is 2.17. The normalized spacial score (nSPS) is 15.4. The molecule has 2 rings (SSSR count). The molecule has 1 saturated carbocycles. The first-order valence-corrected chi connectivity index (χ1v) is 6.64. The van der Waals surface area contributed by atoms with Gasteiger partial charge in [-0.1, -0.05) is 0 Å². The lowest BCUT2D eigenvalue weighted by atomic mass is 9.96. The van der Waals surface area contributed by atoms with E-state index in [4.69, 9.17) is 4.74 Å². The zero-order valence-corrected chi connectivity index (χ0v) is 11.4. The summed E-state index contributed by atoms with van der Waals surface area (Å²) in [6, 6.07) is 5.51. The number of hydrogen-bond donors (Lipinski definition) is 1. The SMILES string of the molecule is CNCC(=O)c1ccc(OC2CCC2)c(Br)c1. The van der Waals surface area contributed by atoms with Gasteiger partial charge in [0.05, 0.1) is 17.1 Å². The highest BCUT2D eigenvalue weighted by atomic mass is 79.9. The molecule has 0 aromatic heterocycles. The zero-order valence-electron chi connectivity index (χ0n) is 9.83. The summed E-state index contributed by atoms with van der Waals surface area (Å²) in [6.45, 7) is 0.356. The molecule has 0 saturated heterocycles. The van der Waals surface area contributed by atoms with Gasteiger partial charge >= 0.3 is 0 Å². The maximum atomic E-state index is 11.7. The van der Waals surface area contributed by atoms with Gasteiger partial charge in [-0.05, 0) is 60.4 Å². The van der Waals surface area contributed by atoms with Crippen molar-refractivity contribution in [3.63, 3.8) is 0 Å². The van der Waals surface area contributed by atoms with Crippen LogP contribution < -0.4 is 10.1 Å². The summed E-state index contributed by atoms with van der Waals surface area (Å²) in [7, 11) is 1.76. The fraction of sp³-hybridized carbons (Fsp3) is 0.462. The maximum absolute atomic E-state index is 11.7. The average molecular weight is 298 g/mol. The Morgan fingerprint density at radius 3 is 2.82 bits per heavy atom. The van der Waals surface area contributed by atoms with Crippen molar-refractivity contribution in [2.24, 2.45) is 0 Å². The van der Waals surface area contributed by atoms with Crippen LogP contribution in [0.1, 0.15) is 29.6 Å². The predicted molar refractivity (Wildman–Crippen MR) is 70.7 cm³/mol. The van der Waals surface area contributed by atoms with E-state index in [0.29, 0.717) is 18.2 Å². The van der Waals surface area contributed by atoms with Gasteiger partial charge in [0, 0.05) is 5.56 Å². The van der Waals surface area contributed by atoms with Crippen molar-refractivity contribution in [2.45, 2.75) is 25.4 Å². The van der Waals surface area contributed by atoms with Crippen LogP contribution in [0.5, 0.6) is 5.75 Å². The molecule has 1 N–H and O–H groups in total. The topological polar surface area (TPSA) is 38.3 Å². The van der Waals surface area contributed by atoms with Gasteiger partial charge in [-0.2, -0.15) is 0 Å². The molecule has 1 aromatic carbocycles. The molecule has 92 valence electrons. The third-order valence-electron chi connectivity index (χ3n) is 2.94. The Bertz CT molecular complexity index is 416. The summed E-state index contributed by atoms with van der Waals surface area (Å²) in [4.78, 5) is 11.7. The van der Waals surface area contributed by atoms with Crippen LogP contribution in [0.15, 0.2) is 22.7 Å². The minimum atomic E-state index is 0.0865. The lowest BCUT2D eigenvalue weighted by Crippen LogP contribution is -2.24. The van der Waals surface area contributed by atoms with E-state index in [9.17, 15) is 4.79 Å². The molecule has 0 unspecified atom stereocenters. The monoisotopic (exact) mass is 297 g/mol. The van der Waals surface area contributed by atoms with Gasteiger partial charge in [-0.15, -0.1) is 0 Å². The summed E-state index contributed by atoms with van der Waals surface area (Å²) in [5.74, 6) is 0.916. The molecule has 0 aliphatic heterocycles. The second kappa shape index (κ2) is 5.65. The molecule has 0 bridgehead atoms. The fourth-order valence-electron chi connectivity index (χ4n) is 1.70. The van der Waals surface area contributed by atoms with E-state index in [1.807, 2.05) is 18.2 Å². The van der Waals surface area contributed by atoms with Gasteiger partial charge in [-0.3, -0.25) is 4.79 Å². The van der Waals surface area contributed by atoms with E-state index in [0.717, 1.165) is 23.1 Å². The second-order valence-corrected chi connectivity index (χ2v) is 5.12. The first kappa shape index (κ1) is 12.6. The van der Waals surface area contributed by atoms with Gasteiger partial charge in [0.15, 0.2) is 5.78 Å². The minimum Gasteiger partial charge on any atom is -0.489 e. The molecule has 1 aliphatic carbocycles. The third-order valence-corrected chi connectivity index (χ3v) is 3.56. The molecule has 3 nitrogen and oxygen atoms in total. The molecule has 0 amide bonds. The lowest BCUT2D eigenvalue weighted by molar-refractivity contribution is 0.0993. The van der Waals surface area contributed by atoms with E-state index < -0.39 is 0 Å².